The SMILES string of the molecule is Cc1c(Cl)ccc2[nH]c(C(=O)ON3C(=O)c4ccccc4C3=O)cc12. The van der Waals surface area contributed by atoms with Crippen molar-refractivity contribution in [1.82, 2.24) is 10.0 Å². The van der Waals surface area contributed by atoms with Crippen molar-refractivity contribution >= 4 is 40.3 Å². The van der Waals surface area contributed by atoms with Crippen LogP contribution in [0.1, 0.15) is 36.8 Å². The van der Waals surface area contributed by atoms with Gasteiger partial charge in [0.25, 0.3) is 11.8 Å². The van der Waals surface area contributed by atoms with E-state index in [0.29, 0.717) is 15.6 Å². The lowest BCUT2D eigenvalue weighted by molar-refractivity contribution is -0.0587. The Morgan fingerprint density at radius 2 is 1.72 bits per heavy atom. The van der Waals surface area contributed by atoms with Crippen LogP contribution in [0.3, 0.4) is 0 Å². The number of carbonyl (C=O) groups excluding carboxylic acids is 3. The second-order valence-corrected chi connectivity index (χ2v) is 6.05. The molecule has 0 radical (unpaired) electrons. The van der Waals surface area contributed by atoms with Crippen molar-refractivity contribution in [1.29, 1.82) is 0 Å². The number of amides is 2. The van der Waals surface area contributed by atoms with Crippen molar-refractivity contribution in [2.45, 2.75) is 6.92 Å². The van der Waals surface area contributed by atoms with Crippen molar-refractivity contribution in [3.05, 3.63) is 69.9 Å². The minimum absolute atomic E-state index is 0.122. The second kappa shape index (κ2) is 5.46. The minimum Gasteiger partial charge on any atom is -0.349 e. The van der Waals surface area contributed by atoms with Gasteiger partial charge < -0.3 is 9.82 Å². The average molecular weight is 355 g/mol. The van der Waals surface area contributed by atoms with Crippen LogP contribution in [0.4, 0.5) is 0 Å². The molecule has 124 valence electrons. The lowest BCUT2D eigenvalue weighted by Crippen LogP contribution is -2.32. The Balaban J connectivity index is 1.64. The highest BCUT2D eigenvalue weighted by Gasteiger charge is 2.39. The Labute approximate surface area is 146 Å². The highest BCUT2D eigenvalue weighted by Crippen LogP contribution is 2.27. The average Bonchev–Trinajstić information content (AvgIpc) is 3.15. The van der Waals surface area contributed by atoms with E-state index >= 15 is 0 Å². The summed E-state index contributed by atoms with van der Waals surface area (Å²) in [5, 5.41) is 1.83. The molecule has 3 aromatic rings. The van der Waals surface area contributed by atoms with Gasteiger partial charge in [-0.1, -0.05) is 28.8 Å². The van der Waals surface area contributed by atoms with Crippen molar-refractivity contribution in [3.63, 3.8) is 0 Å². The molecule has 2 aromatic carbocycles. The molecule has 0 unspecified atom stereocenters. The van der Waals surface area contributed by atoms with E-state index in [1.807, 2.05) is 6.92 Å². The molecule has 25 heavy (non-hydrogen) atoms. The van der Waals surface area contributed by atoms with E-state index in [1.54, 1.807) is 30.3 Å². The fraction of sp³-hybridized carbons (Fsp3) is 0.0556. The molecule has 0 aliphatic carbocycles. The normalized spacial score (nSPS) is 13.4. The molecule has 0 saturated carbocycles. The smallest absolute Gasteiger partial charge is 0.349 e. The number of H-pyrrole nitrogens is 1. The lowest BCUT2D eigenvalue weighted by Gasteiger charge is -2.11. The first kappa shape index (κ1) is 15.4. The number of nitrogens with one attached hydrogen (secondary N) is 1. The highest BCUT2D eigenvalue weighted by molar-refractivity contribution is 6.32. The highest BCUT2D eigenvalue weighted by atomic mass is 35.5. The largest absolute Gasteiger partial charge is 0.380 e. The van der Waals surface area contributed by atoms with Gasteiger partial charge in [-0.25, -0.2) is 4.79 Å². The van der Waals surface area contributed by atoms with E-state index in [-0.39, 0.29) is 16.8 Å². The molecule has 1 aromatic heterocycles. The van der Waals surface area contributed by atoms with Crippen molar-refractivity contribution in [2.24, 2.45) is 0 Å². The van der Waals surface area contributed by atoms with Gasteiger partial charge in [0.15, 0.2) is 0 Å². The molecule has 6 nitrogen and oxygen atoms in total. The summed E-state index contributed by atoms with van der Waals surface area (Å²) in [4.78, 5) is 44.8. The topological polar surface area (TPSA) is 79.5 Å². The van der Waals surface area contributed by atoms with Crippen LogP contribution in [-0.4, -0.2) is 27.8 Å². The van der Waals surface area contributed by atoms with Gasteiger partial charge in [0.05, 0.1) is 11.1 Å². The Bertz CT molecular complexity index is 1040. The van der Waals surface area contributed by atoms with Crippen LogP contribution < -0.4 is 0 Å². The van der Waals surface area contributed by atoms with Crippen LogP contribution in [0.5, 0.6) is 0 Å². The maximum atomic E-state index is 12.4. The van der Waals surface area contributed by atoms with Crippen LogP contribution in [0.2, 0.25) is 5.02 Å². The Kier molecular flexibility index (Phi) is 3.36. The Morgan fingerprint density at radius 3 is 2.36 bits per heavy atom. The molecule has 0 spiro atoms. The standard InChI is InChI=1S/C18H11ClN2O4/c1-9-12-8-15(20-14(12)7-6-13(9)19)18(24)25-21-16(22)10-4-2-3-5-11(10)17(21)23/h2-8,20H,1H3. The summed E-state index contributed by atoms with van der Waals surface area (Å²) in [6.07, 6.45) is 0. The zero-order valence-corrected chi connectivity index (χ0v) is 13.8. The first-order valence-corrected chi connectivity index (χ1v) is 7.83. The third kappa shape index (κ3) is 2.30. The van der Waals surface area contributed by atoms with E-state index in [4.69, 9.17) is 16.4 Å². The molecular formula is C18H11ClN2O4. The molecule has 1 aliphatic rings. The Morgan fingerprint density at radius 1 is 1.08 bits per heavy atom. The zero-order valence-electron chi connectivity index (χ0n) is 13.0. The van der Waals surface area contributed by atoms with Crippen LogP contribution in [-0.2, 0) is 4.84 Å². The maximum Gasteiger partial charge on any atom is 0.380 e. The van der Waals surface area contributed by atoms with Crippen molar-refractivity contribution in [2.75, 3.05) is 0 Å². The van der Waals surface area contributed by atoms with E-state index in [2.05, 4.69) is 4.98 Å². The van der Waals surface area contributed by atoms with E-state index < -0.39 is 17.8 Å². The summed E-state index contributed by atoms with van der Waals surface area (Å²) >= 11 is 6.08. The predicted octanol–water partition coefficient (Wildman–Crippen LogP) is 3.50. The molecule has 7 heteroatoms. The second-order valence-electron chi connectivity index (χ2n) is 5.65. The van der Waals surface area contributed by atoms with Gasteiger partial charge in [-0.2, -0.15) is 0 Å². The number of aromatic amines is 1. The number of halogens is 1. The predicted molar refractivity (Wildman–Crippen MR) is 90.4 cm³/mol. The third-order valence-corrected chi connectivity index (χ3v) is 4.57. The number of hydrogen-bond acceptors (Lipinski definition) is 4. The third-order valence-electron chi connectivity index (χ3n) is 4.16. The van der Waals surface area contributed by atoms with Gasteiger partial charge >= 0.3 is 5.97 Å². The molecule has 2 amide bonds. The molecular weight excluding hydrogens is 344 g/mol. The fourth-order valence-electron chi connectivity index (χ4n) is 2.81. The monoisotopic (exact) mass is 354 g/mol. The molecule has 4 rings (SSSR count). The molecule has 1 N–H and O–H groups in total. The lowest BCUT2D eigenvalue weighted by atomic mass is 10.1. The van der Waals surface area contributed by atoms with Crippen molar-refractivity contribution in [3.8, 4) is 0 Å². The van der Waals surface area contributed by atoms with E-state index in [9.17, 15) is 14.4 Å². The fourth-order valence-corrected chi connectivity index (χ4v) is 2.98. The van der Waals surface area contributed by atoms with Gasteiger partial charge in [0.1, 0.15) is 5.69 Å². The summed E-state index contributed by atoms with van der Waals surface area (Å²) in [6.45, 7) is 1.83. The molecule has 0 fully saturated rings. The van der Waals surface area contributed by atoms with Gasteiger partial charge in [-0.15, -0.1) is 0 Å². The number of carbonyl (C=O) groups is 3. The van der Waals surface area contributed by atoms with Gasteiger partial charge in [-0.05, 0) is 42.8 Å². The summed E-state index contributed by atoms with van der Waals surface area (Å²) < 4.78 is 0. The van der Waals surface area contributed by atoms with E-state index in [1.165, 1.54) is 12.1 Å². The summed E-state index contributed by atoms with van der Waals surface area (Å²) in [5.41, 5.74) is 2.06. The summed E-state index contributed by atoms with van der Waals surface area (Å²) in [5.74, 6) is -2.16. The number of hydroxylamine groups is 2. The van der Waals surface area contributed by atoms with Gasteiger partial charge in [-0.3, -0.25) is 9.59 Å². The van der Waals surface area contributed by atoms with Crippen LogP contribution in [0, 0.1) is 6.92 Å². The summed E-state index contributed by atoms with van der Waals surface area (Å²) in [7, 11) is 0. The quantitative estimate of drug-likeness (QED) is 0.714. The number of nitrogens with zero attached hydrogens (tertiary/aromatic N) is 1. The molecule has 1 aliphatic heterocycles. The number of hydrogen-bond donors (Lipinski definition) is 1. The van der Waals surface area contributed by atoms with Gasteiger partial charge in [0.2, 0.25) is 0 Å². The first-order chi connectivity index (χ1) is 12.0. The number of rotatable bonds is 2. The molecule has 2 heterocycles. The maximum absolute atomic E-state index is 12.4. The van der Waals surface area contributed by atoms with Crippen LogP contribution in [0.25, 0.3) is 10.9 Å². The molecule has 0 saturated heterocycles. The van der Waals surface area contributed by atoms with E-state index in [0.717, 1.165) is 10.9 Å². The summed E-state index contributed by atoms with van der Waals surface area (Å²) in [6, 6.07) is 11.3. The zero-order chi connectivity index (χ0) is 17.7. The Hall–Kier alpha value is -3.12. The van der Waals surface area contributed by atoms with Crippen molar-refractivity contribution < 1.29 is 19.2 Å². The van der Waals surface area contributed by atoms with Crippen LogP contribution >= 0.6 is 11.6 Å². The first-order valence-electron chi connectivity index (χ1n) is 7.45. The van der Waals surface area contributed by atoms with Gasteiger partial charge in [0, 0.05) is 15.9 Å². The number of benzene rings is 2. The number of aryl methyl sites for hydroxylation is 1. The molecule has 0 atom stereocenters. The molecule has 0 bridgehead atoms. The minimum atomic E-state index is -0.832. The number of imide groups is 1. The number of fused-ring (bicyclic) bond motifs is 2. The van der Waals surface area contributed by atoms with Crippen LogP contribution in [0.15, 0.2) is 42.5 Å². The number of aromatic nitrogens is 1.